The fourth-order valence-corrected chi connectivity index (χ4v) is 4.49. The quantitative estimate of drug-likeness (QED) is 0.314. The molecule has 1 aromatic heterocycles. The maximum Gasteiger partial charge on any atom is 0.336 e. The first kappa shape index (κ1) is 26.5. The zero-order chi connectivity index (χ0) is 25.5. The molecule has 3 aromatic rings. The number of aromatic nitrogens is 2. The zero-order valence-electron chi connectivity index (χ0n) is 20.2. The van der Waals surface area contributed by atoms with Gasteiger partial charge in [0.05, 0.1) is 30.2 Å². The van der Waals surface area contributed by atoms with Crippen LogP contribution in [0.1, 0.15) is 55.2 Å². The Labute approximate surface area is 210 Å². The Bertz CT molecular complexity index is 1190. The number of rotatable bonds is 12. The third-order valence-corrected chi connectivity index (χ3v) is 6.22. The van der Waals surface area contributed by atoms with Crippen LogP contribution >= 0.6 is 12.6 Å². The number of carbonyl (C=O) groups is 2. The lowest BCUT2D eigenvalue weighted by molar-refractivity contribution is -0.118. The second-order valence-electron chi connectivity index (χ2n) is 8.82. The van der Waals surface area contributed by atoms with Gasteiger partial charge in [-0.25, -0.2) is 14.2 Å². The number of carboxylic acid groups (broad SMARTS) is 1. The van der Waals surface area contributed by atoms with E-state index in [4.69, 9.17) is 4.74 Å². The molecule has 0 aliphatic heterocycles. The molecule has 0 aliphatic rings. The lowest BCUT2D eigenvalue weighted by atomic mass is 9.98. The molecule has 1 atom stereocenters. The highest BCUT2D eigenvalue weighted by molar-refractivity contribution is 7.81. The maximum atomic E-state index is 15.2. The number of benzene rings is 2. The lowest BCUT2D eigenvalue weighted by Gasteiger charge is -2.15. The van der Waals surface area contributed by atoms with Gasteiger partial charge in [-0.3, -0.25) is 9.36 Å². The molecule has 0 fully saturated rings. The molecule has 0 radical (unpaired) electrons. The molecule has 3 rings (SSSR count). The lowest BCUT2D eigenvalue weighted by Crippen LogP contribution is -2.18. The van der Waals surface area contributed by atoms with Crippen LogP contribution in [0.2, 0.25) is 0 Å². The predicted octanol–water partition coefficient (Wildman–Crippen LogP) is 5.68. The van der Waals surface area contributed by atoms with Crippen LogP contribution in [0.25, 0.3) is 11.1 Å². The standard InChI is InChI=1S/C27H31FN2O4S/c1-4-34-27-29-15-20(11-12-24(31)25(35)13-17(2)3)30(27)16-19-10-9-18(14-23(19)28)21-7-5-6-8-22(21)26(32)33/h5-10,14-15,17,25,35H,4,11-13,16H2,1-3H3,(H,32,33)/t25-/m0/s1. The summed E-state index contributed by atoms with van der Waals surface area (Å²) >= 11 is 4.45. The van der Waals surface area contributed by atoms with Crippen molar-refractivity contribution in [1.82, 2.24) is 9.55 Å². The van der Waals surface area contributed by atoms with Crippen molar-refractivity contribution in [1.29, 1.82) is 0 Å². The molecular formula is C27H31FN2O4S. The molecule has 0 saturated carbocycles. The Morgan fingerprint density at radius 3 is 2.60 bits per heavy atom. The second-order valence-corrected chi connectivity index (χ2v) is 9.44. The maximum absolute atomic E-state index is 15.2. The van der Waals surface area contributed by atoms with Crippen molar-refractivity contribution in [3.05, 3.63) is 71.3 Å². The van der Waals surface area contributed by atoms with Gasteiger partial charge in [-0.1, -0.05) is 44.2 Å². The van der Waals surface area contributed by atoms with Crippen molar-refractivity contribution in [2.45, 2.75) is 51.8 Å². The van der Waals surface area contributed by atoms with Gasteiger partial charge in [0, 0.05) is 17.7 Å². The minimum absolute atomic E-state index is 0.0698. The van der Waals surface area contributed by atoms with Gasteiger partial charge in [0.25, 0.3) is 6.01 Å². The average Bonchev–Trinajstić information content (AvgIpc) is 3.19. The monoisotopic (exact) mass is 498 g/mol. The van der Waals surface area contributed by atoms with Crippen LogP contribution in [0.15, 0.2) is 48.7 Å². The van der Waals surface area contributed by atoms with E-state index in [1.165, 1.54) is 12.1 Å². The Kier molecular flexibility index (Phi) is 9.09. The number of hydrogen-bond acceptors (Lipinski definition) is 5. The summed E-state index contributed by atoms with van der Waals surface area (Å²) in [5.41, 5.74) is 2.21. The summed E-state index contributed by atoms with van der Waals surface area (Å²) in [4.78, 5) is 28.4. The van der Waals surface area contributed by atoms with Gasteiger partial charge in [0.15, 0.2) is 0 Å². The van der Waals surface area contributed by atoms with Crippen molar-refractivity contribution in [3.8, 4) is 17.1 Å². The van der Waals surface area contributed by atoms with Gasteiger partial charge in [0.1, 0.15) is 11.6 Å². The summed E-state index contributed by atoms with van der Waals surface area (Å²) in [6.07, 6.45) is 3.13. The van der Waals surface area contributed by atoms with Crippen LogP contribution in [0.3, 0.4) is 0 Å². The van der Waals surface area contributed by atoms with E-state index in [-0.39, 0.29) is 23.1 Å². The molecule has 0 saturated heterocycles. The zero-order valence-corrected chi connectivity index (χ0v) is 21.1. The van der Waals surface area contributed by atoms with Gasteiger partial charge < -0.3 is 9.84 Å². The van der Waals surface area contributed by atoms with Crippen LogP contribution in [0.4, 0.5) is 4.39 Å². The summed E-state index contributed by atoms with van der Waals surface area (Å²) in [6, 6.07) is 11.6. The van der Waals surface area contributed by atoms with E-state index >= 15 is 4.39 Å². The van der Waals surface area contributed by atoms with E-state index in [9.17, 15) is 14.7 Å². The van der Waals surface area contributed by atoms with E-state index in [2.05, 4.69) is 31.5 Å². The van der Waals surface area contributed by atoms with Crippen LogP contribution < -0.4 is 4.74 Å². The molecule has 0 amide bonds. The molecule has 1 N–H and O–H groups in total. The van der Waals surface area contributed by atoms with E-state index < -0.39 is 11.8 Å². The SMILES string of the molecule is CCOc1ncc(CCC(=O)[C@@H](S)CC(C)C)n1Cc1ccc(-c2ccccc2C(=O)O)cc1F. The molecule has 0 aliphatic carbocycles. The Morgan fingerprint density at radius 2 is 1.94 bits per heavy atom. The van der Waals surface area contributed by atoms with E-state index in [1.54, 1.807) is 41.1 Å². The summed E-state index contributed by atoms with van der Waals surface area (Å²) in [5, 5.41) is 9.14. The van der Waals surface area contributed by atoms with Crippen molar-refractivity contribution < 1.29 is 23.8 Å². The second kappa shape index (κ2) is 12.0. The summed E-state index contributed by atoms with van der Waals surface area (Å²) < 4.78 is 22.6. The van der Waals surface area contributed by atoms with E-state index in [0.29, 0.717) is 54.5 Å². The minimum atomic E-state index is -1.07. The fourth-order valence-electron chi connectivity index (χ4n) is 3.94. The van der Waals surface area contributed by atoms with Gasteiger partial charge in [0.2, 0.25) is 0 Å². The number of thiol groups is 1. The Hall–Kier alpha value is -3.13. The van der Waals surface area contributed by atoms with Gasteiger partial charge >= 0.3 is 5.97 Å². The van der Waals surface area contributed by atoms with E-state index in [1.807, 2.05) is 6.92 Å². The molecule has 35 heavy (non-hydrogen) atoms. The van der Waals surface area contributed by atoms with Crippen LogP contribution in [0, 0.1) is 11.7 Å². The highest BCUT2D eigenvalue weighted by Crippen LogP contribution is 2.27. The number of aryl methyl sites for hydroxylation is 1. The number of aromatic carboxylic acids is 1. The van der Waals surface area contributed by atoms with Crippen LogP contribution in [-0.2, 0) is 17.8 Å². The normalized spacial score (nSPS) is 12.1. The number of ketones is 1. The highest BCUT2D eigenvalue weighted by Gasteiger charge is 2.19. The fraction of sp³-hybridized carbons (Fsp3) is 0.370. The van der Waals surface area contributed by atoms with E-state index in [0.717, 1.165) is 5.69 Å². The number of hydrogen-bond donors (Lipinski definition) is 2. The predicted molar refractivity (Wildman–Crippen MR) is 137 cm³/mol. The van der Waals surface area contributed by atoms with Crippen molar-refractivity contribution in [2.24, 2.45) is 5.92 Å². The largest absolute Gasteiger partial charge is 0.478 e. The molecular weight excluding hydrogens is 467 g/mol. The first-order chi connectivity index (χ1) is 16.7. The highest BCUT2D eigenvalue weighted by atomic mass is 32.1. The smallest absolute Gasteiger partial charge is 0.336 e. The molecule has 0 bridgehead atoms. The first-order valence-corrected chi connectivity index (χ1v) is 12.2. The third-order valence-electron chi connectivity index (χ3n) is 5.72. The summed E-state index contributed by atoms with van der Waals surface area (Å²) in [6.45, 7) is 6.52. The molecule has 1 heterocycles. The van der Waals surface area contributed by atoms with Gasteiger partial charge in [-0.05, 0) is 48.9 Å². The number of imidazole rings is 1. The molecule has 0 spiro atoms. The van der Waals surface area contributed by atoms with Crippen LogP contribution in [-0.4, -0.2) is 38.3 Å². The number of halogens is 1. The summed E-state index contributed by atoms with van der Waals surface area (Å²) in [5.74, 6) is -1.08. The topological polar surface area (TPSA) is 81.4 Å². The minimum Gasteiger partial charge on any atom is -0.478 e. The Morgan fingerprint density at radius 1 is 1.20 bits per heavy atom. The molecule has 8 heteroatoms. The number of carbonyl (C=O) groups excluding carboxylic acids is 1. The van der Waals surface area contributed by atoms with Gasteiger partial charge in [-0.2, -0.15) is 12.6 Å². The van der Waals surface area contributed by atoms with Crippen molar-refractivity contribution >= 4 is 24.4 Å². The van der Waals surface area contributed by atoms with Gasteiger partial charge in [-0.15, -0.1) is 0 Å². The number of Topliss-reactive ketones (excluding diaryl/α,β-unsaturated/α-hetero) is 1. The molecule has 2 aromatic carbocycles. The number of ether oxygens (including phenoxy) is 1. The Balaban J connectivity index is 1.84. The molecule has 6 nitrogen and oxygen atoms in total. The molecule has 0 unspecified atom stereocenters. The average molecular weight is 499 g/mol. The first-order valence-electron chi connectivity index (χ1n) is 11.7. The van der Waals surface area contributed by atoms with Crippen molar-refractivity contribution in [2.75, 3.05) is 6.61 Å². The van der Waals surface area contributed by atoms with Crippen molar-refractivity contribution in [3.63, 3.8) is 0 Å². The number of nitrogens with zero attached hydrogens (tertiary/aromatic N) is 2. The molecule has 186 valence electrons. The number of carboxylic acids is 1. The summed E-state index contributed by atoms with van der Waals surface area (Å²) in [7, 11) is 0. The third kappa shape index (κ3) is 6.72. The van der Waals surface area contributed by atoms with Crippen LogP contribution in [0.5, 0.6) is 6.01 Å².